The number of thioether (sulfide) groups is 1. The summed E-state index contributed by atoms with van der Waals surface area (Å²) in [5, 5.41) is 10.5. The second-order valence-electron chi connectivity index (χ2n) is 5.15. The van der Waals surface area contributed by atoms with Gasteiger partial charge >= 0.3 is 0 Å². The van der Waals surface area contributed by atoms with Crippen LogP contribution in [0.15, 0.2) is 23.1 Å². The smallest absolute Gasteiger partial charge is 0.266 e. The highest BCUT2D eigenvalue weighted by atomic mass is 32.2. The number of rotatable bonds is 8. The molecule has 0 atom stereocenters. The summed E-state index contributed by atoms with van der Waals surface area (Å²) < 4.78 is 11.2. The highest BCUT2D eigenvalue weighted by molar-refractivity contribution is 8.26. The van der Waals surface area contributed by atoms with E-state index in [4.69, 9.17) is 21.7 Å². The lowest BCUT2D eigenvalue weighted by Gasteiger charge is -2.14. The van der Waals surface area contributed by atoms with Gasteiger partial charge < -0.3 is 19.4 Å². The molecule has 0 unspecified atom stereocenters. The van der Waals surface area contributed by atoms with E-state index in [0.717, 1.165) is 5.56 Å². The van der Waals surface area contributed by atoms with Crippen LogP contribution in [0.3, 0.4) is 0 Å². The van der Waals surface area contributed by atoms with Gasteiger partial charge in [-0.25, -0.2) is 0 Å². The predicted molar refractivity (Wildman–Crippen MR) is 98.3 cm³/mol. The number of aliphatic carboxylic acids is 1. The number of hydrogen-bond donors (Lipinski definition) is 0. The SMILES string of the molecule is CCOc1ccc(/C=C2/SC(=S)N(CCCC(=O)[O-])C2=O)cc1OC. The van der Waals surface area contributed by atoms with Gasteiger partial charge in [0.05, 0.1) is 18.6 Å². The summed E-state index contributed by atoms with van der Waals surface area (Å²) in [6.07, 6.45) is 1.93. The Labute approximate surface area is 155 Å². The number of carboxylic acids is 1. The Bertz CT molecular complexity index is 717. The highest BCUT2D eigenvalue weighted by Crippen LogP contribution is 2.34. The summed E-state index contributed by atoms with van der Waals surface area (Å²) in [7, 11) is 1.55. The molecule has 1 aromatic carbocycles. The fraction of sp³-hybridized carbons (Fsp3) is 0.353. The molecule has 1 heterocycles. The van der Waals surface area contributed by atoms with Gasteiger partial charge in [-0.2, -0.15) is 0 Å². The van der Waals surface area contributed by atoms with Crippen LogP contribution in [0.4, 0.5) is 0 Å². The lowest BCUT2D eigenvalue weighted by molar-refractivity contribution is -0.305. The maximum absolute atomic E-state index is 12.5. The quantitative estimate of drug-likeness (QED) is 0.503. The third-order valence-electron chi connectivity index (χ3n) is 3.42. The number of hydrogen-bond acceptors (Lipinski definition) is 7. The average molecular weight is 380 g/mol. The van der Waals surface area contributed by atoms with Crippen molar-refractivity contribution < 1.29 is 24.2 Å². The van der Waals surface area contributed by atoms with Gasteiger partial charge in [-0.15, -0.1) is 0 Å². The second kappa shape index (κ2) is 8.87. The van der Waals surface area contributed by atoms with Gasteiger partial charge in [-0.3, -0.25) is 9.69 Å². The van der Waals surface area contributed by atoms with Gasteiger partial charge in [0.15, 0.2) is 11.5 Å². The van der Waals surface area contributed by atoms with Gasteiger partial charge in [0.2, 0.25) is 0 Å². The first-order chi connectivity index (χ1) is 12.0. The number of methoxy groups -OCH3 is 1. The lowest BCUT2D eigenvalue weighted by atomic mass is 10.2. The number of benzene rings is 1. The number of amides is 1. The molecule has 1 aliphatic rings. The standard InChI is InChI=1S/C17H19NO5S2/c1-3-23-12-7-6-11(9-13(12)22-2)10-14-16(21)18(17(24)25-14)8-4-5-15(19)20/h6-7,9-10H,3-5,8H2,1-2H3,(H,19,20)/p-1/b14-10+. The van der Waals surface area contributed by atoms with Crippen molar-refractivity contribution in [2.24, 2.45) is 0 Å². The number of ether oxygens (including phenoxy) is 2. The molecule has 0 N–H and O–H groups in total. The Morgan fingerprint density at radius 1 is 1.40 bits per heavy atom. The summed E-state index contributed by atoms with van der Waals surface area (Å²) in [6.45, 7) is 2.68. The molecule has 1 aliphatic heterocycles. The molecule has 1 amide bonds. The summed E-state index contributed by atoms with van der Waals surface area (Å²) in [5.74, 6) is -0.138. The molecule has 0 spiro atoms. The van der Waals surface area contributed by atoms with Crippen molar-refractivity contribution in [3.05, 3.63) is 28.7 Å². The first-order valence-electron chi connectivity index (χ1n) is 7.72. The van der Waals surface area contributed by atoms with Gasteiger partial charge in [0, 0.05) is 12.5 Å². The van der Waals surface area contributed by atoms with E-state index in [1.165, 1.54) is 16.7 Å². The van der Waals surface area contributed by atoms with Crippen LogP contribution in [0.5, 0.6) is 11.5 Å². The Morgan fingerprint density at radius 3 is 2.80 bits per heavy atom. The molecular formula is C17H18NO5S2-. The number of carbonyl (C=O) groups is 2. The topological polar surface area (TPSA) is 78.9 Å². The van der Waals surface area contributed by atoms with Crippen molar-refractivity contribution in [3.8, 4) is 11.5 Å². The normalized spacial score (nSPS) is 15.8. The molecule has 1 saturated heterocycles. The zero-order valence-electron chi connectivity index (χ0n) is 13.9. The average Bonchev–Trinajstić information content (AvgIpc) is 2.83. The number of nitrogens with zero attached hydrogens (tertiary/aromatic N) is 1. The summed E-state index contributed by atoms with van der Waals surface area (Å²) >= 11 is 6.41. The molecule has 0 aliphatic carbocycles. The monoisotopic (exact) mass is 380 g/mol. The van der Waals surface area contributed by atoms with Gasteiger partial charge in [0.1, 0.15) is 4.32 Å². The fourth-order valence-corrected chi connectivity index (χ4v) is 3.58. The fourth-order valence-electron chi connectivity index (χ4n) is 2.27. The molecule has 0 radical (unpaired) electrons. The summed E-state index contributed by atoms with van der Waals surface area (Å²) in [4.78, 5) is 24.8. The highest BCUT2D eigenvalue weighted by Gasteiger charge is 2.31. The van der Waals surface area contributed by atoms with Gasteiger partial charge in [-0.1, -0.05) is 30.0 Å². The minimum absolute atomic E-state index is 0.105. The molecule has 6 nitrogen and oxygen atoms in total. The molecule has 0 saturated carbocycles. The Balaban J connectivity index is 2.14. The van der Waals surface area contributed by atoms with Crippen LogP contribution in [-0.4, -0.2) is 41.4 Å². The molecule has 8 heteroatoms. The van der Waals surface area contributed by atoms with Crippen molar-refractivity contribution in [1.29, 1.82) is 0 Å². The zero-order valence-corrected chi connectivity index (χ0v) is 15.6. The minimum Gasteiger partial charge on any atom is -0.550 e. The van der Waals surface area contributed by atoms with E-state index in [2.05, 4.69) is 0 Å². The number of carbonyl (C=O) groups excluding carboxylic acids is 2. The van der Waals surface area contributed by atoms with Gasteiger partial charge in [0.25, 0.3) is 5.91 Å². The van der Waals surface area contributed by atoms with Crippen LogP contribution in [0.2, 0.25) is 0 Å². The molecular weight excluding hydrogens is 362 g/mol. The Hall–Kier alpha value is -2.06. The third-order valence-corrected chi connectivity index (χ3v) is 4.80. The lowest BCUT2D eigenvalue weighted by Crippen LogP contribution is -2.30. The molecule has 1 fully saturated rings. The summed E-state index contributed by atoms with van der Waals surface area (Å²) in [6, 6.07) is 5.40. The van der Waals surface area contributed by atoms with Crippen molar-refractivity contribution in [2.45, 2.75) is 19.8 Å². The molecule has 0 bridgehead atoms. The van der Waals surface area contributed by atoms with E-state index < -0.39 is 5.97 Å². The minimum atomic E-state index is -1.14. The van der Waals surface area contributed by atoms with Crippen LogP contribution in [0, 0.1) is 0 Å². The molecule has 1 aromatic rings. The van der Waals surface area contributed by atoms with Crippen LogP contribution in [0.25, 0.3) is 6.08 Å². The number of carboxylic acid groups (broad SMARTS) is 1. The molecule has 25 heavy (non-hydrogen) atoms. The predicted octanol–water partition coefficient (Wildman–Crippen LogP) is 1.83. The van der Waals surface area contributed by atoms with E-state index >= 15 is 0 Å². The number of thiocarbonyl (C=S) groups is 1. The Kier molecular flexibility index (Phi) is 6.83. The van der Waals surface area contributed by atoms with E-state index in [1.54, 1.807) is 25.3 Å². The van der Waals surface area contributed by atoms with Gasteiger partial charge in [-0.05, 0) is 43.5 Å². The maximum atomic E-state index is 12.5. The van der Waals surface area contributed by atoms with E-state index in [-0.39, 0.29) is 18.9 Å². The Morgan fingerprint density at radius 2 is 2.16 bits per heavy atom. The van der Waals surface area contributed by atoms with Crippen molar-refractivity contribution in [1.82, 2.24) is 4.90 Å². The maximum Gasteiger partial charge on any atom is 0.266 e. The molecule has 0 aromatic heterocycles. The van der Waals surface area contributed by atoms with E-state index in [1.807, 2.05) is 13.0 Å². The second-order valence-corrected chi connectivity index (χ2v) is 6.83. The van der Waals surface area contributed by atoms with E-state index in [9.17, 15) is 14.7 Å². The van der Waals surface area contributed by atoms with Crippen LogP contribution in [-0.2, 0) is 9.59 Å². The largest absolute Gasteiger partial charge is 0.550 e. The van der Waals surface area contributed by atoms with Crippen molar-refractivity contribution in [3.63, 3.8) is 0 Å². The first kappa shape index (κ1) is 19.3. The van der Waals surface area contributed by atoms with Crippen LogP contribution in [0.1, 0.15) is 25.3 Å². The van der Waals surface area contributed by atoms with E-state index in [0.29, 0.717) is 33.8 Å². The first-order valence-corrected chi connectivity index (χ1v) is 8.94. The summed E-state index contributed by atoms with van der Waals surface area (Å²) in [5.41, 5.74) is 0.788. The molecule has 134 valence electrons. The zero-order chi connectivity index (χ0) is 18.4. The van der Waals surface area contributed by atoms with Crippen molar-refractivity contribution in [2.75, 3.05) is 20.3 Å². The third kappa shape index (κ3) is 4.96. The van der Waals surface area contributed by atoms with Crippen LogP contribution >= 0.6 is 24.0 Å². The van der Waals surface area contributed by atoms with Crippen molar-refractivity contribution >= 4 is 46.3 Å². The van der Waals surface area contributed by atoms with Crippen LogP contribution < -0.4 is 14.6 Å². The molecule has 2 rings (SSSR count).